The molecule has 2 aromatic carbocycles. The van der Waals surface area contributed by atoms with Crippen molar-refractivity contribution in [2.24, 2.45) is 0 Å². The number of hydrogen-bond acceptors (Lipinski definition) is 2. The van der Waals surface area contributed by atoms with Crippen LogP contribution in [-0.4, -0.2) is 5.11 Å². The van der Waals surface area contributed by atoms with E-state index in [-0.39, 0.29) is 11.9 Å². The summed E-state index contributed by atoms with van der Waals surface area (Å²) in [5.74, 6) is 0.536. The fraction of sp³-hybridized carbons (Fsp3) is 0.167. The van der Waals surface area contributed by atoms with Gasteiger partial charge in [-0.15, -0.1) is 0 Å². The summed E-state index contributed by atoms with van der Waals surface area (Å²) in [6.07, 6.45) is 0. The van der Waals surface area contributed by atoms with Gasteiger partial charge < -0.3 is 15.1 Å². The van der Waals surface area contributed by atoms with Crippen LogP contribution in [0, 0.1) is 12.7 Å². The fourth-order valence-electron chi connectivity index (χ4n) is 2.32. The van der Waals surface area contributed by atoms with E-state index in [1.54, 1.807) is 19.1 Å². The van der Waals surface area contributed by atoms with E-state index in [1.165, 1.54) is 6.07 Å². The summed E-state index contributed by atoms with van der Waals surface area (Å²) in [7, 11) is 0. The molecule has 1 aromatic heterocycles. The van der Waals surface area contributed by atoms with Gasteiger partial charge in [0.15, 0.2) is 5.11 Å². The van der Waals surface area contributed by atoms with Crippen LogP contribution in [0.3, 0.4) is 0 Å². The second kappa shape index (κ2) is 6.38. The van der Waals surface area contributed by atoms with Gasteiger partial charge in [-0.1, -0.05) is 24.3 Å². The number of thiocarbonyl (C=S) groups is 1. The van der Waals surface area contributed by atoms with E-state index in [9.17, 15) is 4.39 Å². The molecule has 0 unspecified atom stereocenters. The summed E-state index contributed by atoms with van der Waals surface area (Å²) < 4.78 is 19.4. The van der Waals surface area contributed by atoms with Gasteiger partial charge in [0.2, 0.25) is 0 Å². The normalized spacial score (nSPS) is 12.1. The first-order valence-corrected chi connectivity index (χ1v) is 7.76. The minimum atomic E-state index is -0.261. The molecule has 0 aliphatic rings. The maximum atomic E-state index is 13.6. The molecule has 3 rings (SSSR count). The largest absolute Gasteiger partial charge is 0.459 e. The Morgan fingerprint density at radius 1 is 1.17 bits per heavy atom. The molecule has 3 aromatic rings. The number of para-hydroxylation sites is 1. The molecule has 0 radical (unpaired) electrons. The summed E-state index contributed by atoms with van der Waals surface area (Å²) in [6.45, 7) is 3.68. The summed E-state index contributed by atoms with van der Waals surface area (Å²) in [5.41, 5.74) is 2.06. The molecule has 0 amide bonds. The lowest BCUT2D eigenvalue weighted by molar-refractivity contribution is 0.493. The molecule has 0 saturated carbocycles. The average Bonchev–Trinajstić information content (AvgIpc) is 2.95. The zero-order chi connectivity index (χ0) is 16.4. The molecule has 118 valence electrons. The smallest absolute Gasteiger partial charge is 0.171 e. The maximum absolute atomic E-state index is 13.6. The number of rotatable bonds is 3. The number of furan rings is 1. The standard InChI is InChI=1S/C18H17FN2OS/c1-11-7-8-14(10-15(11)19)21-18(23)20-12(2)17-9-13-5-3-4-6-16(13)22-17/h3-10,12H,1-2H3,(H2,20,21,23)/t12-/m1/s1. The second-order valence-electron chi connectivity index (χ2n) is 5.47. The molecule has 5 heteroatoms. The molecular weight excluding hydrogens is 311 g/mol. The summed E-state index contributed by atoms with van der Waals surface area (Å²) >= 11 is 5.28. The Hall–Kier alpha value is -2.40. The van der Waals surface area contributed by atoms with Gasteiger partial charge in [-0.25, -0.2) is 4.39 Å². The van der Waals surface area contributed by atoms with Crippen molar-refractivity contribution < 1.29 is 8.81 Å². The highest BCUT2D eigenvalue weighted by molar-refractivity contribution is 7.80. The molecule has 1 heterocycles. The van der Waals surface area contributed by atoms with E-state index in [0.717, 1.165) is 16.7 Å². The number of fused-ring (bicyclic) bond motifs is 1. The van der Waals surface area contributed by atoms with Gasteiger partial charge in [0, 0.05) is 11.1 Å². The number of hydrogen-bond donors (Lipinski definition) is 2. The first-order chi connectivity index (χ1) is 11.0. The van der Waals surface area contributed by atoms with Crippen molar-refractivity contribution in [3.63, 3.8) is 0 Å². The minimum Gasteiger partial charge on any atom is -0.459 e. The van der Waals surface area contributed by atoms with Crippen LogP contribution in [0.2, 0.25) is 0 Å². The topological polar surface area (TPSA) is 37.2 Å². The van der Waals surface area contributed by atoms with E-state index in [1.807, 2.05) is 37.3 Å². The van der Waals surface area contributed by atoms with Gasteiger partial charge in [0.25, 0.3) is 0 Å². The van der Waals surface area contributed by atoms with Gasteiger partial charge in [-0.2, -0.15) is 0 Å². The molecule has 1 atom stereocenters. The maximum Gasteiger partial charge on any atom is 0.171 e. The van der Waals surface area contributed by atoms with Crippen LogP contribution >= 0.6 is 12.2 Å². The minimum absolute atomic E-state index is 0.0994. The Balaban J connectivity index is 1.67. The number of aryl methyl sites for hydroxylation is 1. The Morgan fingerprint density at radius 3 is 2.70 bits per heavy atom. The summed E-state index contributed by atoms with van der Waals surface area (Å²) in [6, 6.07) is 14.6. The zero-order valence-electron chi connectivity index (χ0n) is 12.9. The van der Waals surface area contributed by atoms with Crippen LogP contribution in [0.4, 0.5) is 10.1 Å². The average molecular weight is 328 g/mol. The van der Waals surface area contributed by atoms with E-state index >= 15 is 0 Å². The third-order valence-corrected chi connectivity index (χ3v) is 3.87. The van der Waals surface area contributed by atoms with E-state index in [0.29, 0.717) is 16.4 Å². The Labute approximate surface area is 139 Å². The predicted octanol–water partition coefficient (Wildman–Crippen LogP) is 4.93. The van der Waals surface area contributed by atoms with Crippen molar-refractivity contribution in [1.29, 1.82) is 0 Å². The number of halogens is 1. The van der Waals surface area contributed by atoms with Crippen molar-refractivity contribution in [1.82, 2.24) is 5.32 Å². The first kappa shape index (κ1) is 15.5. The van der Waals surface area contributed by atoms with Crippen LogP contribution in [0.25, 0.3) is 11.0 Å². The molecule has 0 aliphatic heterocycles. The van der Waals surface area contributed by atoms with Gasteiger partial charge in [-0.3, -0.25) is 0 Å². The third-order valence-electron chi connectivity index (χ3n) is 3.65. The van der Waals surface area contributed by atoms with Crippen LogP contribution in [0.5, 0.6) is 0 Å². The first-order valence-electron chi connectivity index (χ1n) is 7.35. The zero-order valence-corrected chi connectivity index (χ0v) is 13.7. The van der Waals surface area contributed by atoms with E-state index in [2.05, 4.69) is 10.6 Å². The van der Waals surface area contributed by atoms with Crippen molar-refractivity contribution in [2.45, 2.75) is 19.9 Å². The van der Waals surface area contributed by atoms with Crippen molar-refractivity contribution >= 4 is 34.0 Å². The van der Waals surface area contributed by atoms with Gasteiger partial charge in [0.05, 0.1) is 6.04 Å². The molecule has 0 saturated heterocycles. The highest BCUT2D eigenvalue weighted by Crippen LogP contribution is 2.23. The number of nitrogens with one attached hydrogen (secondary N) is 2. The van der Waals surface area contributed by atoms with Gasteiger partial charge in [0.1, 0.15) is 17.2 Å². The number of anilines is 1. The second-order valence-corrected chi connectivity index (χ2v) is 5.88. The van der Waals surface area contributed by atoms with Crippen molar-refractivity contribution in [3.8, 4) is 0 Å². The summed E-state index contributed by atoms with van der Waals surface area (Å²) in [5, 5.41) is 7.60. The lowest BCUT2D eigenvalue weighted by Gasteiger charge is -2.15. The molecule has 2 N–H and O–H groups in total. The molecule has 0 aliphatic carbocycles. The highest BCUT2D eigenvalue weighted by Gasteiger charge is 2.12. The van der Waals surface area contributed by atoms with E-state index in [4.69, 9.17) is 16.6 Å². The van der Waals surface area contributed by atoms with Crippen LogP contribution < -0.4 is 10.6 Å². The molecule has 23 heavy (non-hydrogen) atoms. The van der Waals surface area contributed by atoms with Gasteiger partial charge in [-0.05, 0) is 55.9 Å². The lowest BCUT2D eigenvalue weighted by Crippen LogP contribution is -2.30. The Bertz CT molecular complexity index is 826. The summed E-state index contributed by atoms with van der Waals surface area (Å²) in [4.78, 5) is 0. The van der Waals surface area contributed by atoms with Crippen LogP contribution in [0.1, 0.15) is 24.3 Å². The Morgan fingerprint density at radius 2 is 1.96 bits per heavy atom. The van der Waals surface area contributed by atoms with Crippen LogP contribution in [-0.2, 0) is 0 Å². The monoisotopic (exact) mass is 328 g/mol. The van der Waals surface area contributed by atoms with Crippen molar-refractivity contribution in [2.75, 3.05) is 5.32 Å². The molecular formula is C18H17FN2OS. The van der Waals surface area contributed by atoms with Crippen molar-refractivity contribution in [3.05, 3.63) is 65.7 Å². The quantitative estimate of drug-likeness (QED) is 0.669. The molecule has 0 bridgehead atoms. The number of benzene rings is 2. The predicted molar refractivity (Wildman–Crippen MR) is 95.1 cm³/mol. The lowest BCUT2D eigenvalue weighted by atomic mass is 10.2. The van der Waals surface area contributed by atoms with Gasteiger partial charge >= 0.3 is 0 Å². The fourth-order valence-corrected chi connectivity index (χ4v) is 2.62. The Kier molecular flexibility index (Phi) is 4.30. The molecule has 0 fully saturated rings. The van der Waals surface area contributed by atoms with Crippen LogP contribution in [0.15, 0.2) is 52.9 Å². The molecule has 0 spiro atoms. The SMILES string of the molecule is Cc1ccc(NC(=S)N[C@H](C)c2cc3ccccc3o2)cc1F. The highest BCUT2D eigenvalue weighted by atomic mass is 32.1. The third kappa shape index (κ3) is 3.51. The molecule has 3 nitrogen and oxygen atoms in total. The van der Waals surface area contributed by atoms with E-state index < -0.39 is 0 Å².